The molecule has 1 fully saturated rings. The molecule has 0 aromatic heterocycles. The summed E-state index contributed by atoms with van der Waals surface area (Å²) < 4.78 is 0. The molecule has 1 heterocycles. The number of amides is 2. The minimum absolute atomic E-state index is 0.0278. The lowest BCUT2D eigenvalue weighted by molar-refractivity contribution is -0.138. The van der Waals surface area contributed by atoms with Gasteiger partial charge in [0, 0.05) is 25.6 Å². The Balaban J connectivity index is 2.08. The van der Waals surface area contributed by atoms with Crippen LogP contribution in [0.15, 0.2) is 18.2 Å². The highest BCUT2D eigenvalue weighted by molar-refractivity contribution is 6.42. The Labute approximate surface area is 126 Å². The van der Waals surface area contributed by atoms with E-state index in [-0.39, 0.29) is 18.4 Å². The van der Waals surface area contributed by atoms with Crippen LogP contribution in [0.5, 0.6) is 0 Å². The Morgan fingerprint density at radius 1 is 1.45 bits per heavy atom. The number of carbonyl (C=O) groups excluding carboxylic acids is 1. The summed E-state index contributed by atoms with van der Waals surface area (Å²) in [4.78, 5) is 24.1. The number of carboxylic acid groups (broad SMARTS) is 1. The summed E-state index contributed by atoms with van der Waals surface area (Å²) >= 11 is 12.0. The minimum atomic E-state index is -0.869. The number of urea groups is 1. The van der Waals surface area contributed by atoms with Crippen molar-refractivity contribution in [3.8, 4) is 0 Å². The van der Waals surface area contributed by atoms with E-state index in [9.17, 15) is 9.59 Å². The molecule has 1 aromatic carbocycles. The van der Waals surface area contributed by atoms with Crippen molar-refractivity contribution in [3.63, 3.8) is 0 Å². The Kier molecular flexibility index (Phi) is 4.73. The number of hydrogen-bond acceptors (Lipinski definition) is 2. The van der Waals surface area contributed by atoms with Gasteiger partial charge in [-0.05, 0) is 11.6 Å². The summed E-state index contributed by atoms with van der Waals surface area (Å²) in [5, 5.41) is 12.4. The first-order valence-electron chi connectivity index (χ1n) is 6.15. The van der Waals surface area contributed by atoms with Gasteiger partial charge in [-0.15, -0.1) is 0 Å². The third-order valence-corrected chi connectivity index (χ3v) is 4.02. The van der Waals surface area contributed by atoms with E-state index < -0.39 is 5.97 Å². The fourth-order valence-corrected chi connectivity index (χ4v) is 2.58. The van der Waals surface area contributed by atoms with Crippen molar-refractivity contribution in [2.24, 2.45) is 5.92 Å². The van der Waals surface area contributed by atoms with Crippen LogP contribution in [0.2, 0.25) is 10.0 Å². The summed E-state index contributed by atoms with van der Waals surface area (Å²) in [7, 11) is 0. The third kappa shape index (κ3) is 3.55. The number of nitrogens with one attached hydrogen (secondary N) is 1. The number of hydrogen-bond donors (Lipinski definition) is 2. The molecule has 1 atom stereocenters. The van der Waals surface area contributed by atoms with Crippen LogP contribution in [0.1, 0.15) is 12.0 Å². The molecule has 0 radical (unpaired) electrons. The molecule has 20 heavy (non-hydrogen) atoms. The van der Waals surface area contributed by atoms with E-state index in [1.807, 2.05) is 0 Å². The standard InChI is InChI=1S/C13H14Cl2N2O3/c14-10-3-1-2-9(12(10)15)7-17-6-8(4-11(18)19)5-16-13(17)20/h1-3,8H,4-7H2,(H,16,20)(H,18,19). The Morgan fingerprint density at radius 3 is 2.90 bits per heavy atom. The van der Waals surface area contributed by atoms with Crippen LogP contribution in [-0.2, 0) is 11.3 Å². The van der Waals surface area contributed by atoms with Gasteiger partial charge in [-0.3, -0.25) is 4.79 Å². The van der Waals surface area contributed by atoms with Crippen LogP contribution in [0.25, 0.3) is 0 Å². The van der Waals surface area contributed by atoms with Gasteiger partial charge in [0.25, 0.3) is 0 Å². The van der Waals surface area contributed by atoms with Gasteiger partial charge in [-0.2, -0.15) is 0 Å². The monoisotopic (exact) mass is 316 g/mol. The maximum atomic E-state index is 11.8. The molecule has 5 nitrogen and oxygen atoms in total. The van der Waals surface area contributed by atoms with Crippen LogP contribution >= 0.6 is 23.2 Å². The van der Waals surface area contributed by atoms with Crippen molar-refractivity contribution in [3.05, 3.63) is 33.8 Å². The zero-order valence-electron chi connectivity index (χ0n) is 10.6. The van der Waals surface area contributed by atoms with Gasteiger partial charge in [0.15, 0.2) is 0 Å². The molecule has 2 amide bonds. The van der Waals surface area contributed by atoms with Gasteiger partial charge in [-0.1, -0.05) is 35.3 Å². The number of aliphatic carboxylic acids is 1. The summed E-state index contributed by atoms with van der Waals surface area (Å²) in [6.45, 7) is 1.08. The largest absolute Gasteiger partial charge is 0.481 e. The maximum Gasteiger partial charge on any atom is 0.317 e. The normalized spacial score (nSPS) is 18.8. The van der Waals surface area contributed by atoms with Crippen molar-refractivity contribution < 1.29 is 14.7 Å². The maximum absolute atomic E-state index is 11.8. The van der Waals surface area contributed by atoms with Gasteiger partial charge in [0.1, 0.15) is 0 Å². The first-order chi connectivity index (χ1) is 9.47. The molecule has 0 bridgehead atoms. The van der Waals surface area contributed by atoms with E-state index in [1.54, 1.807) is 23.1 Å². The van der Waals surface area contributed by atoms with Crippen molar-refractivity contribution in [2.75, 3.05) is 13.1 Å². The van der Waals surface area contributed by atoms with Crippen LogP contribution < -0.4 is 5.32 Å². The topological polar surface area (TPSA) is 69.6 Å². The molecular formula is C13H14Cl2N2O3. The average Bonchev–Trinajstić information content (AvgIpc) is 2.38. The highest BCUT2D eigenvalue weighted by Crippen LogP contribution is 2.27. The minimum Gasteiger partial charge on any atom is -0.481 e. The lowest BCUT2D eigenvalue weighted by atomic mass is 10.0. The Morgan fingerprint density at radius 2 is 2.20 bits per heavy atom. The molecule has 1 unspecified atom stereocenters. The molecule has 7 heteroatoms. The summed E-state index contributed by atoms with van der Waals surface area (Å²) in [6.07, 6.45) is 0.0278. The van der Waals surface area contributed by atoms with E-state index in [1.165, 1.54) is 0 Å². The van der Waals surface area contributed by atoms with Crippen LogP contribution in [0.4, 0.5) is 4.79 Å². The van der Waals surface area contributed by atoms with Crippen molar-refractivity contribution in [1.82, 2.24) is 10.2 Å². The second-order valence-electron chi connectivity index (χ2n) is 4.74. The SMILES string of the molecule is O=C(O)CC1CNC(=O)N(Cc2cccc(Cl)c2Cl)C1. The first-order valence-corrected chi connectivity index (χ1v) is 6.90. The molecule has 1 saturated heterocycles. The van der Waals surface area contributed by atoms with E-state index in [4.69, 9.17) is 28.3 Å². The van der Waals surface area contributed by atoms with E-state index in [0.29, 0.717) is 29.7 Å². The molecule has 0 saturated carbocycles. The molecule has 2 N–H and O–H groups in total. The molecule has 108 valence electrons. The zero-order chi connectivity index (χ0) is 14.7. The number of halogens is 2. The van der Waals surface area contributed by atoms with E-state index in [2.05, 4.69) is 5.32 Å². The fourth-order valence-electron chi connectivity index (χ4n) is 2.20. The van der Waals surface area contributed by atoms with E-state index in [0.717, 1.165) is 5.56 Å². The summed E-state index contributed by atoms with van der Waals surface area (Å²) in [5.41, 5.74) is 0.741. The molecular weight excluding hydrogens is 303 g/mol. The zero-order valence-corrected chi connectivity index (χ0v) is 12.1. The predicted molar refractivity (Wildman–Crippen MR) is 76.0 cm³/mol. The van der Waals surface area contributed by atoms with Gasteiger partial charge in [0.2, 0.25) is 0 Å². The molecule has 0 spiro atoms. The summed E-state index contributed by atoms with van der Waals surface area (Å²) in [6, 6.07) is 5.02. The fraction of sp³-hybridized carbons (Fsp3) is 0.385. The van der Waals surface area contributed by atoms with Gasteiger partial charge in [-0.25, -0.2) is 4.79 Å². The molecule has 1 aromatic rings. The number of carboxylic acids is 1. The second-order valence-corrected chi connectivity index (χ2v) is 5.53. The first kappa shape index (κ1) is 14.9. The molecule has 0 aliphatic carbocycles. The van der Waals surface area contributed by atoms with Gasteiger partial charge >= 0.3 is 12.0 Å². The van der Waals surface area contributed by atoms with Crippen molar-refractivity contribution in [2.45, 2.75) is 13.0 Å². The number of carbonyl (C=O) groups is 2. The van der Waals surface area contributed by atoms with Crippen LogP contribution in [0.3, 0.4) is 0 Å². The highest BCUT2D eigenvalue weighted by Gasteiger charge is 2.27. The van der Waals surface area contributed by atoms with Crippen molar-refractivity contribution >= 4 is 35.2 Å². The van der Waals surface area contributed by atoms with Crippen molar-refractivity contribution in [1.29, 1.82) is 0 Å². The molecule has 1 aliphatic heterocycles. The lowest BCUT2D eigenvalue weighted by Gasteiger charge is -2.33. The van der Waals surface area contributed by atoms with Gasteiger partial charge < -0.3 is 15.3 Å². The number of rotatable bonds is 4. The smallest absolute Gasteiger partial charge is 0.317 e. The lowest BCUT2D eigenvalue weighted by Crippen LogP contribution is -2.51. The third-order valence-electron chi connectivity index (χ3n) is 3.16. The summed E-state index contributed by atoms with van der Waals surface area (Å²) in [5.74, 6) is -0.977. The Bertz CT molecular complexity index is 536. The highest BCUT2D eigenvalue weighted by atomic mass is 35.5. The quantitative estimate of drug-likeness (QED) is 0.897. The average molecular weight is 317 g/mol. The second kappa shape index (κ2) is 6.33. The van der Waals surface area contributed by atoms with E-state index >= 15 is 0 Å². The van der Waals surface area contributed by atoms with Gasteiger partial charge in [0.05, 0.1) is 16.5 Å². The molecule has 1 aliphatic rings. The van der Waals surface area contributed by atoms with Crippen LogP contribution in [-0.4, -0.2) is 35.1 Å². The van der Waals surface area contributed by atoms with Crippen LogP contribution in [0, 0.1) is 5.92 Å². The predicted octanol–water partition coefficient (Wildman–Crippen LogP) is 2.61. The number of benzene rings is 1. The molecule has 2 rings (SSSR count). The number of nitrogens with zero attached hydrogens (tertiary/aromatic N) is 1. The Hall–Kier alpha value is -1.46.